The van der Waals surface area contributed by atoms with Crippen LogP contribution in [0.4, 0.5) is 11.4 Å². The number of unbranched alkanes of at least 4 members (excludes halogenated alkanes) is 2. The molecule has 116 heavy (non-hydrogen) atoms. The number of nitrogens with zero attached hydrogens (tertiary/aromatic N) is 2. The van der Waals surface area contributed by atoms with Gasteiger partial charge < -0.3 is 83.3 Å². The topological polar surface area (TPSA) is 506 Å². The van der Waals surface area contributed by atoms with Crippen molar-refractivity contribution in [3.05, 3.63) is 149 Å². The molecule has 2 aliphatic heterocycles. The standard InChI is InChI=1S/C82H108N13O20P/c1-12-48(6)72(79(109)91-61(43-71(101)102)76(106)87-57(38-47(4)5)74(104)90-60(42-70(99)100)77(107)92-62(80(110)111)40-50-44-84-55-26-18-15-23-52(50)55)93-78(108)58(39-49-32-34-51(35-33-49)115-116(112,113)114)88-75(105)59(41-67(83)96)89-73(103)56(37-46(2)3)86-69(98)45-85-68(97)31-14-13-21-36-95-64-28-20-17-25-54(64)82(9,10)66(95)30-22-29-65-81(7,8)53-24-16-19-27-63(53)94(65)11/h15-20,22-30,32-35,44,46-48,56-62,72,84H,12-14,21,31,36-43,45H2,1-11H3,(H15-,83,85,86,87,88,89,90,91,92,93,96,97,98,99,100,101,102,103,104,105,106,107,108,109,110,111,112,113,114)/p+1/t48-,56-,57-,58-,59-,60-,61-,62-,72-/m0/s1. The van der Waals surface area contributed by atoms with E-state index >= 15 is 0 Å². The number of primary amides is 1. The van der Waals surface area contributed by atoms with E-state index in [0.29, 0.717) is 35.9 Å². The molecule has 9 atom stereocenters. The largest absolute Gasteiger partial charge is 0.524 e. The predicted octanol–water partition coefficient (Wildman–Crippen LogP) is 4.97. The Morgan fingerprint density at radius 2 is 1.09 bits per heavy atom. The minimum atomic E-state index is -5.07. The van der Waals surface area contributed by atoms with Gasteiger partial charge in [-0.25, -0.2) is 9.36 Å². The van der Waals surface area contributed by atoms with Crippen LogP contribution in [-0.2, 0) is 90.6 Å². The highest BCUT2D eigenvalue weighted by Crippen LogP contribution is 2.47. The molecule has 2 aliphatic rings. The fraction of sp³-hybridized carbons (Fsp3) is 0.463. The molecule has 4 aromatic carbocycles. The summed E-state index contributed by atoms with van der Waals surface area (Å²) in [6, 6.07) is 14.5. The highest BCUT2D eigenvalue weighted by molar-refractivity contribution is 7.46. The molecule has 34 heteroatoms. The zero-order valence-corrected chi connectivity index (χ0v) is 68.0. The number of carbonyl (C=O) groups excluding carboxylic acids is 10. The van der Waals surface area contributed by atoms with Gasteiger partial charge in [0.1, 0.15) is 60.6 Å². The molecule has 1 aromatic heterocycles. The van der Waals surface area contributed by atoms with Gasteiger partial charge in [-0.3, -0.25) is 67.3 Å². The van der Waals surface area contributed by atoms with Crippen LogP contribution in [0.3, 0.4) is 0 Å². The molecule has 33 nitrogen and oxygen atoms in total. The van der Waals surface area contributed by atoms with E-state index in [1.807, 2.05) is 18.2 Å². The van der Waals surface area contributed by atoms with Crippen molar-refractivity contribution in [2.75, 3.05) is 25.0 Å². The van der Waals surface area contributed by atoms with Crippen LogP contribution in [0.25, 0.3) is 10.9 Å². The molecule has 3 heterocycles. The number of likely N-dealkylation sites (N-methyl/N-ethyl adjacent to an activating group) is 1. The Morgan fingerprint density at radius 3 is 1.66 bits per heavy atom. The lowest BCUT2D eigenvalue weighted by atomic mass is 9.81. The summed E-state index contributed by atoms with van der Waals surface area (Å²) in [5, 5.41) is 52.6. The smallest absolute Gasteiger partial charge is 0.481 e. The number of phosphoric ester groups is 1. The number of para-hydroxylation sites is 3. The molecule has 0 radical (unpaired) electrons. The molecular weight excluding hydrogens is 1520 g/mol. The number of fused-ring (bicyclic) bond motifs is 3. The summed E-state index contributed by atoms with van der Waals surface area (Å²) >= 11 is 0. The second-order valence-electron chi connectivity index (χ2n) is 31.2. The van der Waals surface area contributed by atoms with Crippen LogP contribution in [-0.4, -0.2) is 186 Å². The molecule has 7 rings (SSSR count). The molecule has 0 bridgehead atoms. The van der Waals surface area contributed by atoms with Crippen LogP contribution < -0.4 is 63.0 Å². The maximum atomic E-state index is 14.8. The highest BCUT2D eigenvalue weighted by Gasteiger charge is 2.45. The monoisotopic (exact) mass is 1630 g/mol. The number of hydrogen-bond donors (Lipinski definition) is 16. The average molecular weight is 1630 g/mol. The summed E-state index contributed by atoms with van der Waals surface area (Å²) in [6.45, 7) is 18.9. The molecule has 0 saturated heterocycles. The summed E-state index contributed by atoms with van der Waals surface area (Å²) in [7, 11) is -2.99. The zero-order valence-electron chi connectivity index (χ0n) is 67.1. The van der Waals surface area contributed by atoms with E-state index in [0.717, 1.165) is 30.0 Å². The number of aromatic nitrogens is 1. The first-order valence-corrected chi connectivity index (χ1v) is 40.1. The van der Waals surface area contributed by atoms with Crippen molar-refractivity contribution in [3.8, 4) is 5.75 Å². The molecule has 17 N–H and O–H groups in total. The Hall–Kier alpha value is -11.6. The molecule has 5 aromatic rings. The number of carbonyl (C=O) groups is 13. The molecule has 0 aliphatic carbocycles. The number of phosphoric acid groups is 1. The lowest BCUT2D eigenvalue weighted by Gasteiger charge is -2.30. The van der Waals surface area contributed by atoms with E-state index in [-0.39, 0.29) is 60.2 Å². The van der Waals surface area contributed by atoms with Gasteiger partial charge in [0.15, 0.2) is 5.71 Å². The van der Waals surface area contributed by atoms with Gasteiger partial charge in [-0.05, 0) is 104 Å². The van der Waals surface area contributed by atoms with Crippen molar-refractivity contribution in [1.82, 2.24) is 52.8 Å². The van der Waals surface area contributed by atoms with E-state index < -0.39 is 177 Å². The van der Waals surface area contributed by atoms with Crippen LogP contribution in [0.2, 0.25) is 0 Å². The number of rotatable bonds is 44. The van der Waals surface area contributed by atoms with Crippen molar-refractivity contribution in [2.24, 2.45) is 23.5 Å². The molecule has 0 fully saturated rings. The van der Waals surface area contributed by atoms with Crippen molar-refractivity contribution in [1.29, 1.82) is 0 Å². The summed E-state index contributed by atoms with van der Waals surface area (Å²) in [5.41, 5.74) is 13.5. The number of benzene rings is 4. The third-order valence-corrected chi connectivity index (χ3v) is 20.9. The second kappa shape index (κ2) is 41.1. The van der Waals surface area contributed by atoms with Crippen LogP contribution >= 0.6 is 7.82 Å². The van der Waals surface area contributed by atoms with Crippen molar-refractivity contribution >= 4 is 113 Å². The maximum Gasteiger partial charge on any atom is 0.524 e. The number of carboxylic acids is 3. The number of hydrogen-bond acceptors (Lipinski definition) is 16. The van der Waals surface area contributed by atoms with Crippen LogP contribution in [0.1, 0.15) is 156 Å². The van der Waals surface area contributed by atoms with Gasteiger partial charge >= 0.3 is 25.7 Å². The summed E-state index contributed by atoms with van der Waals surface area (Å²) in [4.78, 5) is 201. The number of amides is 10. The fourth-order valence-electron chi connectivity index (χ4n) is 14.3. The molecular formula is C82H109N13O20P+. The SMILES string of the molecule is CC[C@H](C)[C@H](NC(=O)[C@H](Cc1ccc(OP(=O)(O)O)cc1)NC(=O)[C@H](CC(N)=O)NC(=O)[C@H](CC(C)C)NC(=O)CNC(=O)CCCCC[N+]1=C(/C=C/C=C2/N(C)c3ccccc3C2(C)C)C(C)(C)c2ccccc21)C(=O)N[C@@H](CC(=O)O)C(=O)N[C@@H](CC(C)C)C(=O)N[C@@H](CC(=O)O)C(=O)N[C@@H](Cc1c[nH]c2ccccc12)C(=O)O. The molecule has 0 spiro atoms. The molecule has 10 amide bonds. The summed E-state index contributed by atoms with van der Waals surface area (Å²) in [6.07, 6.45) is 6.03. The van der Waals surface area contributed by atoms with Gasteiger partial charge in [-0.1, -0.05) is 135 Å². The third-order valence-electron chi connectivity index (χ3n) is 20.5. The number of nitrogens with one attached hydrogen (secondary N) is 10. The Balaban J connectivity index is 1.01. The summed E-state index contributed by atoms with van der Waals surface area (Å²) < 4.78 is 18.7. The lowest BCUT2D eigenvalue weighted by Crippen LogP contribution is -2.62. The Bertz CT molecular complexity index is 4600. The number of allylic oxidation sites excluding steroid dienone is 4. The maximum absolute atomic E-state index is 14.8. The van der Waals surface area contributed by atoms with Gasteiger partial charge in [0.05, 0.1) is 31.2 Å². The van der Waals surface area contributed by atoms with Crippen molar-refractivity contribution in [2.45, 2.75) is 205 Å². The van der Waals surface area contributed by atoms with Crippen LogP contribution in [0.5, 0.6) is 5.75 Å². The Labute approximate surface area is 672 Å². The zero-order chi connectivity index (χ0) is 85.7. The van der Waals surface area contributed by atoms with Crippen LogP contribution in [0.15, 0.2) is 127 Å². The Morgan fingerprint density at radius 1 is 0.578 bits per heavy atom. The van der Waals surface area contributed by atoms with Gasteiger partial charge in [0.2, 0.25) is 64.8 Å². The minimum absolute atomic E-state index is 0.0255. The number of anilines is 1. The van der Waals surface area contributed by atoms with E-state index in [1.54, 1.807) is 65.1 Å². The number of nitrogens with two attached hydrogens (primary N) is 1. The quantitative estimate of drug-likeness (QED) is 0.0139. The minimum Gasteiger partial charge on any atom is -0.481 e. The first-order chi connectivity index (χ1) is 54.6. The number of carboxylic acid groups (broad SMARTS) is 3. The van der Waals surface area contributed by atoms with E-state index in [9.17, 15) is 92.0 Å². The number of H-pyrrole nitrogens is 1. The predicted molar refractivity (Wildman–Crippen MR) is 430 cm³/mol. The third kappa shape index (κ3) is 25.7. The molecule has 626 valence electrons. The van der Waals surface area contributed by atoms with Crippen molar-refractivity contribution < 1.29 is 101 Å². The van der Waals surface area contributed by atoms with Gasteiger partial charge in [-0.15, -0.1) is 0 Å². The first-order valence-electron chi connectivity index (χ1n) is 38.6. The first kappa shape index (κ1) is 91.6. The van der Waals surface area contributed by atoms with Gasteiger partial charge in [0.25, 0.3) is 0 Å². The van der Waals surface area contributed by atoms with Crippen LogP contribution in [0, 0.1) is 17.8 Å². The highest BCUT2D eigenvalue weighted by atomic mass is 31.2. The normalized spacial score (nSPS) is 16.1. The number of aromatic amines is 1. The van der Waals surface area contributed by atoms with Crippen molar-refractivity contribution in [3.63, 3.8) is 0 Å². The fourth-order valence-corrected chi connectivity index (χ4v) is 14.7. The van der Waals surface area contributed by atoms with Gasteiger partial charge in [0, 0.05) is 84.3 Å². The van der Waals surface area contributed by atoms with E-state index in [1.165, 1.54) is 41.6 Å². The van der Waals surface area contributed by atoms with E-state index in [4.69, 9.17) is 5.73 Å². The molecule has 0 unspecified atom stereocenters. The second-order valence-corrected chi connectivity index (χ2v) is 32.4. The lowest BCUT2D eigenvalue weighted by molar-refractivity contribution is -0.438. The Kier molecular flexibility index (Phi) is 32.5. The van der Waals surface area contributed by atoms with E-state index in [2.05, 4.69) is 150 Å². The van der Waals surface area contributed by atoms with Gasteiger partial charge in [-0.2, -0.15) is 4.58 Å². The number of aliphatic carboxylic acids is 3. The average Bonchev–Trinajstić information content (AvgIpc) is 1.60. The molecule has 0 saturated carbocycles. The summed E-state index contributed by atoms with van der Waals surface area (Å²) in [5.74, 6) is -17.1.